The van der Waals surface area contributed by atoms with Crippen molar-refractivity contribution in [2.45, 2.75) is 24.3 Å². The van der Waals surface area contributed by atoms with Gasteiger partial charge in [-0.3, -0.25) is 9.88 Å². The summed E-state index contributed by atoms with van der Waals surface area (Å²) in [5, 5.41) is 4.22. The second-order valence-electron chi connectivity index (χ2n) is 6.88. The average molecular weight is 360 g/mol. The van der Waals surface area contributed by atoms with E-state index >= 15 is 0 Å². The Balaban J connectivity index is 1.66. The molecule has 2 aliphatic rings. The molecule has 4 rings (SSSR count). The van der Waals surface area contributed by atoms with Crippen molar-refractivity contribution in [2.75, 3.05) is 39.3 Å². The van der Waals surface area contributed by atoms with Crippen LogP contribution in [0.4, 0.5) is 0 Å². The van der Waals surface area contributed by atoms with Crippen molar-refractivity contribution in [3.05, 3.63) is 36.0 Å². The molecule has 3 heterocycles. The fourth-order valence-corrected chi connectivity index (χ4v) is 5.81. The first-order valence-electron chi connectivity index (χ1n) is 8.86. The van der Waals surface area contributed by atoms with Gasteiger partial charge in [0.25, 0.3) is 0 Å². The highest BCUT2D eigenvalue weighted by Crippen LogP contribution is 2.30. The predicted octanol–water partition coefficient (Wildman–Crippen LogP) is 1.21. The number of nitrogens with zero attached hydrogens (tertiary/aromatic N) is 3. The molecule has 2 aliphatic heterocycles. The van der Waals surface area contributed by atoms with Gasteiger partial charge in [0.05, 0.1) is 5.52 Å². The smallest absolute Gasteiger partial charge is 0.245 e. The maximum absolute atomic E-state index is 13.4. The molecular weight excluding hydrogens is 336 g/mol. The van der Waals surface area contributed by atoms with Gasteiger partial charge in [-0.2, -0.15) is 4.31 Å². The van der Waals surface area contributed by atoms with Crippen molar-refractivity contribution in [3.63, 3.8) is 0 Å². The number of sulfonamides is 1. The maximum atomic E-state index is 13.4. The maximum Gasteiger partial charge on any atom is 0.245 e. The van der Waals surface area contributed by atoms with E-state index in [9.17, 15) is 8.42 Å². The number of hydrogen-bond acceptors (Lipinski definition) is 5. The first kappa shape index (κ1) is 16.9. The largest absolute Gasteiger partial charge is 0.314 e. The molecule has 1 unspecified atom stereocenters. The molecule has 2 fully saturated rings. The van der Waals surface area contributed by atoms with Gasteiger partial charge in [0.1, 0.15) is 4.90 Å². The van der Waals surface area contributed by atoms with Crippen LogP contribution in [0.3, 0.4) is 0 Å². The molecule has 1 atom stereocenters. The molecule has 2 saturated heterocycles. The minimum atomic E-state index is -3.54. The number of pyridine rings is 1. The van der Waals surface area contributed by atoms with E-state index in [0.29, 0.717) is 29.5 Å². The Hall–Kier alpha value is -1.54. The zero-order valence-corrected chi connectivity index (χ0v) is 15.3. The highest BCUT2D eigenvalue weighted by molar-refractivity contribution is 7.89. The molecular formula is C18H24N4O2S. The molecule has 2 aromatic rings. The van der Waals surface area contributed by atoms with Crippen LogP contribution in [0.1, 0.15) is 12.0 Å². The lowest BCUT2D eigenvalue weighted by Gasteiger charge is -2.32. The first-order chi connectivity index (χ1) is 12.1. The zero-order chi connectivity index (χ0) is 17.4. The van der Waals surface area contributed by atoms with Crippen molar-refractivity contribution >= 4 is 20.9 Å². The second-order valence-corrected chi connectivity index (χ2v) is 8.75. The molecule has 0 spiro atoms. The van der Waals surface area contributed by atoms with Crippen LogP contribution in [0.5, 0.6) is 0 Å². The van der Waals surface area contributed by atoms with Gasteiger partial charge in [0.2, 0.25) is 10.0 Å². The highest BCUT2D eigenvalue weighted by Gasteiger charge is 2.37. The molecule has 0 bridgehead atoms. The minimum Gasteiger partial charge on any atom is -0.314 e. The lowest BCUT2D eigenvalue weighted by molar-refractivity contribution is 0.179. The number of aryl methyl sites for hydroxylation is 1. The van der Waals surface area contributed by atoms with Crippen LogP contribution in [0.15, 0.2) is 35.4 Å². The third-order valence-corrected chi connectivity index (χ3v) is 7.36. The summed E-state index contributed by atoms with van der Waals surface area (Å²) in [4.78, 5) is 7.15. The van der Waals surface area contributed by atoms with Crippen LogP contribution in [0, 0.1) is 6.92 Å². The summed E-state index contributed by atoms with van der Waals surface area (Å²) in [5.74, 6) is 0. The van der Waals surface area contributed by atoms with Crippen molar-refractivity contribution in [3.8, 4) is 0 Å². The van der Waals surface area contributed by atoms with E-state index in [0.717, 1.165) is 43.5 Å². The minimum absolute atomic E-state index is 0.320. The van der Waals surface area contributed by atoms with E-state index in [-0.39, 0.29) is 0 Å². The molecule has 0 radical (unpaired) electrons. The number of benzene rings is 1. The molecule has 1 N–H and O–H groups in total. The summed E-state index contributed by atoms with van der Waals surface area (Å²) >= 11 is 0. The van der Waals surface area contributed by atoms with Crippen molar-refractivity contribution in [1.82, 2.24) is 19.5 Å². The number of piperazine rings is 1. The summed E-state index contributed by atoms with van der Waals surface area (Å²) in [6, 6.07) is 7.88. The third-order valence-electron chi connectivity index (χ3n) is 5.32. The molecule has 7 heteroatoms. The van der Waals surface area contributed by atoms with E-state index < -0.39 is 10.0 Å². The van der Waals surface area contributed by atoms with E-state index in [1.165, 1.54) is 0 Å². The zero-order valence-electron chi connectivity index (χ0n) is 14.5. The average Bonchev–Trinajstić information content (AvgIpc) is 3.13. The van der Waals surface area contributed by atoms with Crippen LogP contribution >= 0.6 is 0 Å². The molecule has 6 nitrogen and oxygen atoms in total. The molecule has 0 aliphatic carbocycles. The Morgan fingerprint density at radius 1 is 1.16 bits per heavy atom. The van der Waals surface area contributed by atoms with Gasteiger partial charge in [-0.15, -0.1) is 0 Å². The van der Waals surface area contributed by atoms with E-state index in [1.807, 2.05) is 31.2 Å². The lowest BCUT2D eigenvalue weighted by atomic mass is 10.1. The van der Waals surface area contributed by atoms with E-state index in [2.05, 4.69) is 15.2 Å². The van der Waals surface area contributed by atoms with Crippen molar-refractivity contribution in [2.24, 2.45) is 0 Å². The predicted molar refractivity (Wildman–Crippen MR) is 98.1 cm³/mol. The topological polar surface area (TPSA) is 65.5 Å². The summed E-state index contributed by atoms with van der Waals surface area (Å²) in [6.45, 7) is 6.96. The Morgan fingerprint density at radius 3 is 2.76 bits per heavy atom. The van der Waals surface area contributed by atoms with Crippen molar-refractivity contribution < 1.29 is 8.42 Å². The van der Waals surface area contributed by atoms with Gasteiger partial charge in [-0.25, -0.2) is 8.42 Å². The fraction of sp³-hybridized carbons (Fsp3) is 0.500. The fourth-order valence-electron chi connectivity index (χ4n) is 3.95. The van der Waals surface area contributed by atoms with Crippen LogP contribution in [-0.2, 0) is 10.0 Å². The van der Waals surface area contributed by atoms with Gasteiger partial charge in [0, 0.05) is 56.9 Å². The van der Waals surface area contributed by atoms with Gasteiger partial charge in [0.15, 0.2) is 0 Å². The van der Waals surface area contributed by atoms with Gasteiger partial charge >= 0.3 is 0 Å². The van der Waals surface area contributed by atoms with E-state index in [4.69, 9.17) is 0 Å². The Bertz CT molecular complexity index is 878. The second kappa shape index (κ2) is 6.64. The summed E-state index contributed by atoms with van der Waals surface area (Å²) in [5.41, 5.74) is 1.34. The normalized spacial score (nSPS) is 23.3. The molecule has 1 aromatic heterocycles. The lowest BCUT2D eigenvalue weighted by Crippen LogP contribution is -2.49. The molecule has 0 saturated carbocycles. The monoisotopic (exact) mass is 360 g/mol. The highest BCUT2D eigenvalue weighted by atomic mass is 32.2. The number of rotatable bonds is 3. The van der Waals surface area contributed by atoms with Gasteiger partial charge < -0.3 is 5.32 Å². The number of hydrogen-bond donors (Lipinski definition) is 1. The van der Waals surface area contributed by atoms with Gasteiger partial charge in [-0.1, -0.05) is 18.2 Å². The van der Waals surface area contributed by atoms with Crippen LogP contribution in [0.25, 0.3) is 10.9 Å². The Morgan fingerprint density at radius 2 is 1.96 bits per heavy atom. The standard InChI is InChI=1S/C18H24N4O2S/c1-14-4-5-15-3-2-7-20-17(15)18(14)25(23,24)22-10-6-16(13-22)21-11-8-19-9-12-21/h2-5,7,16,19H,6,8-13H2,1H3. The van der Waals surface area contributed by atoms with Gasteiger partial charge in [-0.05, 0) is 25.0 Å². The molecule has 1 aromatic carbocycles. The SMILES string of the molecule is Cc1ccc2cccnc2c1S(=O)(=O)N1CCC(N2CCNCC2)C1. The van der Waals surface area contributed by atoms with E-state index in [1.54, 1.807) is 10.5 Å². The molecule has 25 heavy (non-hydrogen) atoms. The number of nitrogens with one attached hydrogen (secondary N) is 1. The molecule has 134 valence electrons. The quantitative estimate of drug-likeness (QED) is 0.891. The number of aromatic nitrogens is 1. The third kappa shape index (κ3) is 3.06. The van der Waals surface area contributed by atoms with Crippen LogP contribution < -0.4 is 5.32 Å². The summed E-state index contributed by atoms with van der Waals surface area (Å²) < 4.78 is 28.4. The van der Waals surface area contributed by atoms with Crippen molar-refractivity contribution in [1.29, 1.82) is 0 Å². The summed E-state index contributed by atoms with van der Waals surface area (Å²) in [6.07, 6.45) is 2.56. The molecule has 0 amide bonds. The Labute approximate surface area is 148 Å². The number of fused-ring (bicyclic) bond motifs is 1. The van der Waals surface area contributed by atoms with Crippen LogP contribution in [-0.4, -0.2) is 67.9 Å². The first-order valence-corrected chi connectivity index (χ1v) is 10.3. The van der Waals surface area contributed by atoms with Crippen LogP contribution in [0.2, 0.25) is 0 Å². The summed E-state index contributed by atoms with van der Waals surface area (Å²) in [7, 11) is -3.54. The Kier molecular flexibility index (Phi) is 4.49.